The van der Waals surface area contributed by atoms with E-state index in [1.165, 1.54) is 13.4 Å². The number of esters is 1. The number of carbonyl (C=O) groups is 1. The van der Waals surface area contributed by atoms with Gasteiger partial charge < -0.3 is 19.2 Å². The van der Waals surface area contributed by atoms with E-state index in [0.29, 0.717) is 6.54 Å². The van der Waals surface area contributed by atoms with Crippen molar-refractivity contribution >= 4 is 5.97 Å². The fourth-order valence-corrected chi connectivity index (χ4v) is 2.53. The average molecular weight is 296 g/mol. The highest BCUT2D eigenvalue weighted by atomic mass is 16.5. The first-order valence-electron chi connectivity index (χ1n) is 7.23. The molecule has 1 fully saturated rings. The summed E-state index contributed by atoms with van der Waals surface area (Å²) in [5.41, 5.74) is 0.860. The highest BCUT2D eigenvalue weighted by molar-refractivity contribution is 5.87. The minimum Gasteiger partial charge on any atom is -0.463 e. The second-order valence-electron chi connectivity index (χ2n) is 5.78. The van der Waals surface area contributed by atoms with Gasteiger partial charge in [-0.1, -0.05) is 0 Å². The van der Waals surface area contributed by atoms with Gasteiger partial charge in [0.25, 0.3) is 0 Å². The van der Waals surface area contributed by atoms with Crippen molar-refractivity contribution in [3.63, 3.8) is 0 Å². The Hall–Kier alpha value is -1.37. The molecule has 21 heavy (non-hydrogen) atoms. The first-order chi connectivity index (χ1) is 10.0. The van der Waals surface area contributed by atoms with Gasteiger partial charge in [0.15, 0.2) is 0 Å². The van der Waals surface area contributed by atoms with Gasteiger partial charge in [0.2, 0.25) is 5.76 Å². The number of rotatable bonds is 6. The fraction of sp³-hybridized carbons (Fsp3) is 0.667. The van der Waals surface area contributed by atoms with Crippen molar-refractivity contribution in [2.45, 2.75) is 25.9 Å². The molecule has 1 aliphatic heterocycles. The Morgan fingerprint density at radius 2 is 2.14 bits per heavy atom. The standard InChI is InChI=1S/C15H24N2O4/c1-15(2,17-5-8-20-9-6-17)11-16-10-12-4-7-21-13(12)14(18)19-3/h4,7,16H,5-6,8-11H2,1-3H3. The summed E-state index contributed by atoms with van der Waals surface area (Å²) >= 11 is 0. The first-order valence-corrected chi connectivity index (χ1v) is 7.23. The van der Waals surface area contributed by atoms with Crippen LogP contribution in [0.3, 0.4) is 0 Å². The van der Waals surface area contributed by atoms with Gasteiger partial charge in [-0.25, -0.2) is 4.79 Å². The van der Waals surface area contributed by atoms with E-state index in [1.807, 2.05) is 0 Å². The summed E-state index contributed by atoms with van der Waals surface area (Å²) in [6.07, 6.45) is 1.51. The average Bonchev–Trinajstić information content (AvgIpc) is 2.95. The molecular weight excluding hydrogens is 272 g/mol. The number of morpholine rings is 1. The van der Waals surface area contributed by atoms with Gasteiger partial charge in [0.05, 0.1) is 26.6 Å². The van der Waals surface area contributed by atoms with Crippen LogP contribution in [0.15, 0.2) is 16.7 Å². The van der Waals surface area contributed by atoms with Gasteiger partial charge in [0, 0.05) is 37.3 Å². The van der Waals surface area contributed by atoms with Crippen molar-refractivity contribution in [3.8, 4) is 0 Å². The predicted octanol–water partition coefficient (Wildman–Crippen LogP) is 1.27. The van der Waals surface area contributed by atoms with E-state index in [0.717, 1.165) is 38.4 Å². The molecule has 0 atom stereocenters. The van der Waals surface area contributed by atoms with Gasteiger partial charge in [-0.2, -0.15) is 0 Å². The largest absolute Gasteiger partial charge is 0.463 e. The van der Waals surface area contributed by atoms with Crippen LogP contribution in [0.2, 0.25) is 0 Å². The van der Waals surface area contributed by atoms with Gasteiger partial charge >= 0.3 is 5.97 Å². The molecule has 0 aliphatic carbocycles. The molecule has 0 amide bonds. The molecule has 1 aliphatic rings. The molecule has 0 unspecified atom stereocenters. The van der Waals surface area contributed by atoms with Crippen LogP contribution >= 0.6 is 0 Å². The third-order valence-corrected chi connectivity index (χ3v) is 3.86. The maximum absolute atomic E-state index is 11.5. The Morgan fingerprint density at radius 3 is 2.81 bits per heavy atom. The molecule has 0 spiro atoms. The van der Waals surface area contributed by atoms with Crippen molar-refractivity contribution in [1.29, 1.82) is 0 Å². The van der Waals surface area contributed by atoms with Crippen LogP contribution in [0.1, 0.15) is 30.0 Å². The number of hydrogen-bond acceptors (Lipinski definition) is 6. The van der Waals surface area contributed by atoms with Gasteiger partial charge in [-0.3, -0.25) is 4.90 Å². The molecule has 2 rings (SSSR count). The summed E-state index contributed by atoms with van der Waals surface area (Å²) in [4.78, 5) is 14.0. The number of nitrogens with zero attached hydrogens (tertiary/aromatic N) is 1. The Kier molecular flexibility index (Phi) is 5.39. The Morgan fingerprint density at radius 1 is 1.43 bits per heavy atom. The quantitative estimate of drug-likeness (QED) is 0.798. The molecule has 6 heteroatoms. The van der Waals surface area contributed by atoms with E-state index < -0.39 is 5.97 Å². The van der Waals surface area contributed by atoms with Crippen molar-refractivity contribution in [2.75, 3.05) is 40.0 Å². The predicted molar refractivity (Wildman–Crippen MR) is 78.2 cm³/mol. The molecule has 1 aromatic heterocycles. The summed E-state index contributed by atoms with van der Waals surface area (Å²) in [6, 6.07) is 1.79. The zero-order valence-electron chi connectivity index (χ0n) is 13.0. The summed E-state index contributed by atoms with van der Waals surface area (Å²) in [5, 5.41) is 3.39. The fourth-order valence-electron chi connectivity index (χ4n) is 2.53. The van der Waals surface area contributed by atoms with Crippen molar-refractivity contribution in [3.05, 3.63) is 23.7 Å². The number of furan rings is 1. The molecule has 2 heterocycles. The molecule has 0 radical (unpaired) electrons. The molecular formula is C15H24N2O4. The van der Waals surface area contributed by atoms with Crippen molar-refractivity contribution < 1.29 is 18.7 Å². The maximum Gasteiger partial charge on any atom is 0.374 e. The molecule has 1 saturated heterocycles. The number of ether oxygens (including phenoxy) is 2. The highest BCUT2D eigenvalue weighted by Crippen LogP contribution is 2.16. The minimum absolute atomic E-state index is 0.0406. The SMILES string of the molecule is COC(=O)c1occc1CNCC(C)(C)N1CCOCC1. The van der Waals surface area contributed by atoms with Crippen LogP contribution in [0.5, 0.6) is 0 Å². The van der Waals surface area contributed by atoms with E-state index in [4.69, 9.17) is 13.9 Å². The van der Waals surface area contributed by atoms with Gasteiger partial charge in [-0.05, 0) is 19.9 Å². The Bertz CT molecular complexity index is 464. The number of methoxy groups -OCH3 is 1. The normalized spacial score (nSPS) is 16.9. The lowest BCUT2D eigenvalue weighted by Gasteiger charge is -2.41. The summed E-state index contributed by atoms with van der Waals surface area (Å²) in [6.45, 7) is 9.30. The number of nitrogens with one attached hydrogen (secondary N) is 1. The molecule has 1 aromatic rings. The molecule has 6 nitrogen and oxygen atoms in total. The first kappa shape index (κ1) is 16.0. The zero-order chi connectivity index (χ0) is 15.3. The zero-order valence-corrected chi connectivity index (χ0v) is 13.0. The maximum atomic E-state index is 11.5. The monoisotopic (exact) mass is 296 g/mol. The van der Waals surface area contributed by atoms with Crippen molar-refractivity contribution in [2.24, 2.45) is 0 Å². The topological polar surface area (TPSA) is 63.9 Å². The summed E-state index contributed by atoms with van der Waals surface area (Å²) in [5.74, 6) is -0.168. The summed E-state index contributed by atoms with van der Waals surface area (Å²) < 4.78 is 15.3. The molecule has 1 N–H and O–H groups in total. The van der Waals surface area contributed by atoms with Crippen LogP contribution in [-0.2, 0) is 16.0 Å². The van der Waals surface area contributed by atoms with E-state index in [-0.39, 0.29) is 11.3 Å². The van der Waals surface area contributed by atoms with E-state index in [9.17, 15) is 4.79 Å². The molecule has 0 saturated carbocycles. The number of carbonyl (C=O) groups excluding carboxylic acids is 1. The Balaban J connectivity index is 1.86. The third-order valence-electron chi connectivity index (χ3n) is 3.86. The second-order valence-corrected chi connectivity index (χ2v) is 5.78. The molecule has 118 valence electrons. The van der Waals surface area contributed by atoms with Crippen LogP contribution < -0.4 is 5.32 Å². The second kappa shape index (κ2) is 7.06. The Labute approximate surface area is 125 Å². The molecule has 0 bridgehead atoms. The van der Waals surface area contributed by atoms with Crippen LogP contribution in [0, 0.1) is 0 Å². The van der Waals surface area contributed by atoms with Gasteiger partial charge in [-0.15, -0.1) is 0 Å². The van der Waals surface area contributed by atoms with Crippen LogP contribution in [0.4, 0.5) is 0 Å². The third kappa shape index (κ3) is 4.06. The van der Waals surface area contributed by atoms with Crippen LogP contribution in [0.25, 0.3) is 0 Å². The van der Waals surface area contributed by atoms with E-state index in [2.05, 4.69) is 24.1 Å². The lowest BCUT2D eigenvalue weighted by Crippen LogP contribution is -2.54. The molecule has 0 aromatic carbocycles. The van der Waals surface area contributed by atoms with Gasteiger partial charge in [0.1, 0.15) is 0 Å². The lowest BCUT2D eigenvalue weighted by molar-refractivity contribution is -0.00968. The van der Waals surface area contributed by atoms with Crippen molar-refractivity contribution in [1.82, 2.24) is 10.2 Å². The van der Waals surface area contributed by atoms with Crippen LogP contribution in [-0.4, -0.2) is 56.4 Å². The highest BCUT2D eigenvalue weighted by Gasteiger charge is 2.28. The minimum atomic E-state index is -0.441. The number of hydrogen-bond donors (Lipinski definition) is 1. The van der Waals surface area contributed by atoms with E-state index >= 15 is 0 Å². The lowest BCUT2D eigenvalue weighted by atomic mass is 10.0. The summed E-state index contributed by atoms with van der Waals surface area (Å²) in [7, 11) is 1.35. The smallest absolute Gasteiger partial charge is 0.374 e. The van der Waals surface area contributed by atoms with E-state index in [1.54, 1.807) is 6.07 Å².